The molecule has 2 nitrogen and oxygen atoms in total. The van der Waals surface area contributed by atoms with Gasteiger partial charge >= 0.3 is 0 Å². The Hall–Kier alpha value is -3.65. The van der Waals surface area contributed by atoms with Crippen molar-refractivity contribution in [2.75, 3.05) is 0 Å². The van der Waals surface area contributed by atoms with E-state index in [4.69, 9.17) is 0 Å². The maximum Gasteiger partial charge on any atom is 0.295 e. The second kappa shape index (κ2) is 7.55. The van der Waals surface area contributed by atoms with Crippen molar-refractivity contribution in [3.8, 4) is 28.2 Å². The zero-order chi connectivity index (χ0) is 21.5. The molecule has 2 heteroatoms. The van der Waals surface area contributed by atoms with Crippen LogP contribution in [0.3, 0.4) is 0 Å². The Morgan fingerprint density at radius 3 is 2.00 bits per heavy atom. The van der Waals surface area contributed by atoms with E-state index in [1.807, 2.05) is 0 Å². The normalized spacial score (nSPS) is 11.2. The van der Waals surface area contributed by atoms with Gasteiger partial charge in [-0.3, -0.25) is 0 Å². The highest BCUT2D eigenvalue weighted by atomic mass is 15.2. The highest BCUT2D eigenvalue weighted by molar-refractivity contribution is 5.81. The molecule has 5 rings (SSSR count). The molecule has 0 aliphatic carbocycles. The second-order valence-electron chi connectivity index (χ2n) is 8.34. The number of imidazole rings is 1. The summed E-state index contributed by atoms with van der Waals surface area (Å²) >= 11 is 0. The third-order valence-corrected chi connectivity index (χ3v) is 6.25. The van der Waals surface area contributed by atoms with Crippen LogP contribution >= 0.6 is 0 Å². The Morgan fingerprint density at radius 2 is 1.29 bits per heavy atom. The number of hydrogen-bond donors (Lipinski definition) is 0. The fourth-order valence-electron chi connectivity index (χ4n) is 4.73. The van der Waals surface area contributed by atoms with Crippen LogP contribution in [0.15, 0.2) is 91.0 Å². The minimum Gasteiger partial charge on any atom is -0.225 e. The minimum absolute atomic E-state index is 1.20. The predicted octanol–water partition coefficient (Wildman–Crippen LogP) is 6.71. The molecule has 152 valence electrons. The predicted molar refractivity (Wildman–Crippen MR) is 130 cm³/mol. The number of para-hydroxylation sites is 3. The first-order chi connectivity index (χ1) is 15.1. The third-order valence-electron chi connectivity index (χ3n) is 6.25. The number of aromatic nitrogens is 2. The van der Waals surface area contributed by atoms with E-state index in [1.54, 1.807) is 0 Å². The van der Waals surface area contributed by atoms with Crippen molar-refractivity contribution in [2.45, 2.75) is 20.8 Å². The average Bonchev–Trinajstić information content (AvgIpc) is 3.07. The summed E-state index contributed by atoms with van der Waals surface area (Å²) in [7, 11) is 2.17. The average molecular weight is 404 g/mol. The molecule has 0 aliphatic rings. The summed E-state index contributed by atoms with van der Waals surface area (Å²) in [4.78, 5) is 0. The van der Waals surface area contributed by atoms with Crippen LogP contribution in [0, 0.1) is 20.8 Å². The van der Waals surface area contributed by atoms with Gasteiger partial charge in [-0.1, -0.05) is 72.8 Å². The minimum atomic E-state index is 1.20. The number of rotatable bonds is 3. The van der Waals surface area contributed by atoms with Gasteiger partial charge in [-0.05, 0) is 66.8 Å². The summed E-state index contributed by atoms with van der Waals surface area (Å²) in [5.41, 5.74) is 11.3. The fourth-order valence-corrected chi connectivity index (χ4v) is 4.73. The van der Waals surface area contributed by atoms with Gasteiger partial charge in [0.15, 0.2) is 11.0 Å². The first-order valence-corrected chi connectivity index (χ1v) is 10.8. The molecule has 0 atom stereocenters. The zero-order valence-corrected chi connectivity index (χ0v) is 18.6. The maximum absolute atomic E-state index is 2.44. The quantitative estimate of drug-likeness (QED) is 0.296. The van der Waals surface area contributed by atoms with Gasteiger partial charge in [0.05, 0.1) is 12.6 Å². The Bertz CT molecular complexity index is 1390. The Morgan fingerprint density at radius 1 is 0.613 bits per heavy atom. The summed E-state index contributed by atoms with van der Waals surface area (Å²) in [6, 6.07) is 32.6. The smallest absolute Gasteiger partial charge is 0.225 e. The first-order valence-electron chi connectivity index (χ1n) is 10.8. The van der Waals surface area contributed by atoms with Gasteiger partial charge in [-0.25, -0.2) is 4.57 Å². The van der Waals surface area contributed by atoms with Crippen molar-refractivity contribution in [3.63, 3.8) is 0 Å². The van der Waals surface area contributed by atoms with Gasteiger partial charge in [0.1, 0.15) is 5.69 Å². The summed E-state index contributed by atoms with van der Waals surface area (Å²) < 4.78 is 4.76. The lowest BCUT2D eigenvalue weighted by Gasteiger charge is -2.12. The summed E-state index contributed by atoms with van der Waals surface area (Å²) in [6.07, 6.45) is 0. The highest BCUT2D eigenvalue weighted by Gasteiger charge is 2.28. The highest BCUT2D eigenvalue weighted by Crippen LogP contribution is 2.33. The largest absolute Gasteiger partial charge is 0.295 e. The number of fused-ring (bicyclic) bond motifs is 1. The van der Waals surface area contributed by atoms with Gasteiger partial charge in [0.2, 0.25) is 0 Å². The van der Waals surface area contributed by atoms with Gasteiger partial charge in [0, 0.05) is 0 Å². The van der Waals surface area contributed by atoms with Gasteiger partial charge in [-0.2, -0.15) is 4.57 Å². The SMILES string of the molecule is Cc1cc(-c2ccccc2)ccc1-c1n(-c2c(C)cccc2C)c2ccccc2[n+]1C. The van der Waals surface area contributed by atoms with Crippen molar-refractivity contribution in [1.82, 2.24) is 4.57 Å². The van der Waals surface area contributed by atoms with E-state index in [9.17, 15) is 0 Å². The molecule has 0 spiro atoms. The van der Waals surface area contributed by atoms with E-state index in [2.05, 4.69) is 128 Å². The summed E-state index contributed by atoms with van der Waals surface area (Å²) in [5.74, 6) is 1.20. The molecule has 5 aromatic rings. The number of hydrogen-bond acceptors (Lipinski definition) is 0. The molecule has 1 heterocycles. The van der Waals surface area contributed by atoms with Crippen LogP contribution in [-0.4, -0.2) is 4.57 Å². The zero-order valence-electron chi connectivity index (χ0n) is 18.6. The van der Waals surface area contributed by atoms with Crippen LogP contribution in [0.1, 0.15) is 16.7 Å². The van der Waals surface area contributed by atoms with Crippen LogP contribution in [0.25, 0.3) is 39.2 Å². The van der Waals surface area contributed by atoms with Gasteiger partial charge in [0.25, 0.3) is 5.82 Å². The van der Waals surface area contributed by atoms with Crippen LogP contribution in [-0.2, 0) is 7.05 Å². The van der Waals surface area contributed by atoms with E-state index in [0.29, 0.717) is 0 Å². The van der Waals surface area contributed by atoms with E-state index in [0.717, 1.165) is 0 Å². The fraction of sp³-hybridized carbons (Fsp3) is 0.138. The molecule has 0 N–H and O–H groups in total. The molecule has 0 saturated heterocycles. The molecule has 0 bridgehead atoms. The third kappa shape index (κ3) is 3.16. The molecule has 0 unspecified atom stereocenters. The molecule has 0 amide bonds. The molecule has 4 aromatic carbocycles. The van der Waals surface area contributed by atoms with E-state index in [-0.39, 0.29) is 0 Å². The standard InChI is InChI=1S/C29H27N2/c1-20-11-10-12-21(2)28(20)31-27-16-9-8-15-26(27)30(4)29(31)25-18-17-24(19-22(25)3)23-13-6-5-7-14-23/h5-19H,1-4H3/q+1. The Balaban J connectivity index is 1.81. The van der Waals surface area contributed by atoms with Crippen molar-refractivity contribution in [3.05, 3.63) is 108 Å². The maximum atomic E-state index is 2.44. The number of nitrogens with zero attached hydrogens (tertiary/aromatic N) is 2. The Labute approximate surface area is 184 Å². The number of aryl methyl sites for hydroxylation is 4. The summed E-state index contributed by atoms with van der Waals surface area (Å²) in [6.45, 7) is 6.62. The lowest BCUT2D eigenvalue weighted by molar-refractivity contribution is -0.633. The van der Waals surface area contributed by atoms with E-state index < -0.39 is 0 Å². The van der Waals surface area contributed by atoms with Gasteiger partial charge in [-0.15, -0.1) is 0 Å². The first kappa shape index (κ1) is 19.3. The lowest BCUT2D eigenvalue weighted by atomic mass is 9.99. The van der Waals surface area contributed by atoms with Crippen molar-refractivity contribution in [1.29, 1.82) is 0 Å². The van der Waals surface area contributed by atoms with Crippen molar-refractivity contribution < 1.29 is 4.57 Å². The van der Waals surface area contributed by atoms with Gasteiger partial charge < -0.3 is 0 Å². The molecule has 0 aliphatic heterocycles. The summed E-state index contributed by atoms with van der Waals surface area (Å²) in [5, 5.41) is 0. The van der Waals surface area contributed by atoms with Crippen LogP contribution in [0.5, 0.6) is 0 Å². The lowest BCUT2D eigenvalue weighted by Crippen LogP contribution is -2.30. The monoisotopic (exact) mass is 403 g/mol. The molecular weight excluding hydrogens is 376 g/mol. The molecule has 1 aromatic heterocycles. The Kier molecular flexibility index (Phi) is 4.71. The van der Waals surface area contributed by atoms with Crippen LogP contribution < -0.4 is 4.57 Å². The topological polar surface area (TPSA) is 8.81 Å². The van der Waals surface area contributed by atoms with Crippen molar-refractivity contribution in [2.24, 2.45) is 7.05 Å². The van der Waals surface area contributed by atoms with E-state index in [1.165, 1.54) is 55.9 Å². The van der Waals surface area contributed by atoms with Crippen LogP contribution in [0.4, 0.5) is 0 Å². The molecule has 31 heavy (non-hydrogen) atoms. The van der Waals surface area contributed by atoms with Crippen LogP contribution in [0.2, 0.25) is 0 Å². The molecular formula is C29H27N2+. The number of benzene rings is 4. The van der Waals surface area contributed by atoms with Crippen molar-refractivity contribution >= 4 is 11.0 Å². The van der Waals surface area contributed by atoms with E-state index >= 15 is 0 Å². The molecule has 0 saturated carbocycles. The molecule has 0 fully saturated rings. The molecule has 0 radical (unpaired) electrons. The second-order valence-corrected chi connectivity index (χ2v) is 8.34.